The Hall–Kier alpha value is -2.57. The molecule has 0 fully saturated rings. The number of nitrogens with zero attached hydrogens (tertiary/aromatic N) is 3. The molecule has 7 heteroatoms. The van der Waals surface area contributed by atoms with Crippen molar-refractivity contribution in [1.82, 2.24) is 10.1 Å². The van der Waals surface area contributed by atoms with Gasteiger partial charge < -0.3 is 20.3 Å². The Balaban J connectivity index is 1.82. The number of hydrogen-bond acceptors (Lipinski definition) is 5. The van der Waals surface area contributed by atoms with E-state index < -0.39 is 0 Å². The van der Waals surface area contributed by atoms with Crippen molar-refractivity contribution in [2.75, 3.05) is 11.9 Å². The summed E-state index contributed by atoms with van der Waals surface area (Å²) in [4.78, 5) is 8.57. The van der Waals surface area contributed by atoms with Gasteiger partial charge in [-0.05, 0) is 38.1 Å². The van der Waals surface area contributed by atoms with Crippen molar-refractivity contribution < 1.29 is 9.26 Å². The van der Waals surface area contributed by atoms with Gasteiger partial charge in [0.1, 0.15) is 5.75 Å². The standard InChI is InChI=1S/C17H25N5O2/c1-11(2)16-21-15(24-22-16)9-10-19-17(18)20-13-5-7-14(8-6-13)23-12(3)4/h5-8,11-12H,9-10H2,1-4H3,(H3,18,19,20). The molecule has 1 aromatic carbocycles. The zero-order valence-corrected chi connectivity index (χ0v) is 14.6. The van der Waals surface area contributed by atoms with Crippen molar-refractivity contribution in [1.29, 1.82) is 0 Å². The monoisotopic (exact) mass is 331 g/mol. The summed E-state index contributed by atoms with van der Waals surface area (Å²) < 4.78 is 10.8. The van der Waals surface area contributed by atoms with E-state index in [9.17, 15) is 0 Å². The average molecular weight is 331 g/mol. The highest BCUT2D eigenvalue weighted by molar-refractivity contribution is 5.92. The van der Waals surface area contributed by atoms with Gasteiger partial charge in [-0.25, -0.2) is 0 Å². The fourth-order valence-corrected chi connectivity index (χ4v) is 1.95. The quantitative estimate of drug-likeness (QED) is 0.598. The van der Waals surface area contributed by atoms with Crippen molar-refractivity contribution in [2.24, 2.45) is 10.7 Å². The van der Waals surface area contributed by atoms with E-state index in [4.69, 9.17) is 15.0 Å². The molecular weight excluding hydrogens is 306 g/mol. The first-order chi connectivity index (χ1) is 11.4. The first-order valence-electron chi connectivity index (χ1n) is 8.10. The fraction of sp³-hybridized carbons (Fsp3) is 0.471. The Bertz CT molecular complexity index is 662. The van der Waals surface area contributed by atoms with Gasteiger partial charge in [0.05, 0.1) is 12.6 Å². The normalized spacial score (nSPS) is 12.0. The lowest BCUT2D eigenvalue weighted by Gasteiger charge is -2.10. The van der Waals surface area contributed by atoms with Gasteiger partial charge >= 0.3 is 0 Å². The van der Waals surface area contributed by atoms with Crippen LogP contribution in [0.3, 0.4) is 0 Å². The van der Waals surface area contributed by atoms with Gasteiger partial charge in [-0.2, -0.15) is 4.98 Å². The molecule has 1 heterocycles. The molecule has 24 heavy (non-hydrogen) atoms. The predicted molar refractivity (Wildman–Crippen MR) is 94.4 cm³/mol. The number of anilines is 1. The molecule has 7 nitrogen and oxygen atoms in total. The average Bonchev–Trinajstić information content (AvgIpc) is 2.98. The minimum atomic E-state index is 0.149. The molecule has 130 valence electrons. The van der Waals surface area contributed by atoms with Crippen LogP contribution in [-0.4, -0.2) is 28.7 Å². The Morgan fingerprint density at radius 2 is 1.96 bits per heavy atom. The molecule has 0 unspecified atom stereocenters. The summed E-state index contributed by atoms with van der Waals surface area (Å²) >= 11 is 0. The SMILES string of the molecule is CC(C)Oc1ccc(NC(N)=NCCc2nc(C(C)C)no2)cc1. The maximum Gasteiger partial charge on any atom is 0.228 e. The molecule has 0 atom stereocenters. The first-order valence-corrected chi connectivity index (χ1v) is 8.10. The highest BCUT2D eigenvalue weighted by Crippen LogP contribution is 2.16. The van der Waals surface area contributed by atoms with Crippen LogP contribution < -0.4 is 15.8 Å². The zero-order valence-electron chi connectivity index (χ0n) is 14.6. The smallest absolute Gasteiger partial charge is 0.228 e. The van der Waals surface area contributed by atoms with Crippen LogP contribution in [0, 0.1) is 0 Å². The molecule has 1 aromatic heterocycles. The van der Waals surface area contributed by atoms with E-state index in [1.165, 1.54) is 0 Å². The van der Waals surface area contributed by atoms with Crippen LogP contribution in [0.2, 0.25) is 0 Å². The van der Waals surface area contributed by atoms with Gasteiger partial charge in [0.2, 0.25) is 5.89 Å². The number of hydrogen-bond donors (Lipinski definition) is 2. The van der Waals surface area contributed by atoms with Gasteiger partial charge in [-0.3, -0.25) is 4.99 Å². The second-order valence-electron chi connectivity index (χ2n) is 6.03. The Labute approximate surface area is 142 Å². The maximum atomic E-state index is 5.88. The topological polar surface area (TPSA) is 98.6 Å². The van der Waals surface area contributed by atoms with Crippen molar-refractivity contribution in [3.05, 3.63) is 36.0 Å². The summed E-state index contributed by atoms with van der Waals surface area (Å²) in [6, 6.07) is 7.57. The summed E-state index contributed by atoms with van der Waals surface area (Å²) in [5, 5.41) is 6.95. The van der Waals surface area contributed by atoms with Crippen molar-refractivity contribution in [3.63, 3.8) is 0 Å². The number of benzene rings is 1. The summed E-state index contributed by atoms with van der Waals surface area (Å²) in [6.07, 6.45) is 0.708. The largest absolute Gasteiger partial charge is 0.491 e. The number of aromatic nitrogens is 2. The third-order valence-corrected chi connectivity index (χ3v) is 3.11. The third-order valence-electron chi connectivity index (χ3n) is 3.11. The molecule has 2 rings (SSSR count). The number of rotatable bonds is 7. The number of ether oxygens (including phenoxy) is 1. The predicted octanol–water partition coefficient (Wildman–Crippen LogP) is 2.95. The molecule has 0 aliphatic carbocycles. The number of nitrogens with one attached hydrogen (secondary N) is 1. The minimum absolute atomic E-state index is 0.149. The molecule has 0 aliphatic heterocycles. The van der Waals surface area contributed by atoms with E-state index in [1.807, 2.05) is 52.0 Å². The van der Waals surface area contributed by atoms with Gasteiger partial charge in [0.15, 0.2) is 11.8 Å². The first kappa shape index (κ1) is 17.8. The van der Waals surface area contributed by atoms with Gasteiger partial charge in [0, 0.05) is 18.0 Å². The van der Waals surface area contributed by atoms with Crippen LogP contribution in [-0.2, 0) is 6.42 Å². The number of guanidine groups is 1. The molecule has 0 aliphatic rings. The molecule has 0 saturated heterocycles. The van der Waals surface area contributed by atoms with Crippen LogP contribution in [0.1, 0.15) is 45.3 Å². The maximum absolute atomic E-state index is 5.88. The molecule has 0 spiro atoms. The Kier molecular flexibility index (Phi) is 6.17. The van der Waals surface area contributed by atoms with E-state index in [0.29, 0.717) is 30.6 Å². The third kappa shape index (κ3) is 5.57. The van der Waals surface area contributed by atoms with Crippen LogP contribution in [0.5, 0.6) is 5.75 Å². The number of nitrogens with two attached hydrogens (primary N) is 1. The summed E-state index contributed by atoms with van der Waals surface area (Å²) in [5.41, 5.74) is 6.74. The molecule has 0 saturated carbocycles. The van der Waals surface area contributed by atoms with Crippen molar-refractivity contribution >= 4 is 11.6 Å². The number of aliphatic imine (C=N–C) groups is 1. The van der Waals surface area contributed by atoms with E-state index in [0.717, 1.165) is 11.4 Å². The van der Waals surface area contributed by atoms with Crippen molar-refractivity contribution in [2.45, 2.75) is 46.1 Å². The molecular formula is C17H25N5O2. The molecule has 0 bridgehead atoms. The molecule has 0 amide bonds. The van der Waals surface area contributed by atoms with Gasteiger partial charge in [-0.1, -0.05) is 19.0 Å². The lowest BCUT2D eigenvalue weighted by molar-refractivity contribution is 0.242. The summed E-state index contributed by atoms with van der Waals surface area (Å²) in [7, 11) is 0. The minimum Gasteiger partial charge on any atom is -0.491 e. The lowest BCUT2D eigenvalue weighted by atomic mass is 10.2. The van der Waals surface area contributed by atoms with Crippen LogP contribution in [0.15, 0.2) is 33.8 Å². The van der Waals surface area contributed by atoms with Crippen LogP contribution in [0.25, 0.3) is 0 Å². The highest BCUT2D eigenvalue weighted by atomic mass is 16.5. The Morgan fingerprint density at radius 3 is 2.54 bits per heavy atom. The second kappa shape index (κ2) is 8.33. The fourth-order valence-electron chi connectivity index (χ4n) is 1.95. The van der Waals surface area contributed by atoms with E-state index in [1.54, 1.807) is 0 Å². The highest BCUT2D eigenvalue weighted by Gasteiger charge is 2.08. The summed E-state index contributed by atoms with van der Waals surface area (Å²) in [6.45, 7) is 8.50. The summed E-state index contributed by atoms with van der Waals surface area (Å²) in [5.74, 6) is 2.70. The van der Waals surface area contributed by atoms with Crippen LogP contribution >= 0.6 is 0 Å². The second-order valence-corrected chi connectivity index (χ2v) is 6.03. The van der Waals surface area contributed by atoms with Gasteiger partial charge in [0.25, 0.3) is 0 Å². The lowest BCUT2D eigenvalue weighted by Crippen LogP contribution is -2.23. The molecule has 2 aromatic rings. The van der Waals surface area contributed by atoms with E-state index >= 15 is 0 Å². The van der Waals surface area contributed by atoms with Crippen molar-refractivity contribution in [3.8, 4) is 5.75 Å². The Morgan fingerprint density at radius 1 is 1.25 bits per heavy atom. The van der Waals surface area contributed by atoms with Gasteiger partial charge in [-0.15, -0.1) is 0 Å². The van der Waals surface area contributed by atoms with E-state index in [2.05, 4.69) is 20.4 Å². The van der Waals surface area contributed by atoms with Crippen LogP contribution in [0.4, 0.5) is 5.69 Å². The van der Waals surface area contributed by atoms with E-state index in [-0.39, 0.29) is 12.0 Å². The molecule has 3 N–H and O–H groups in total. The zero-order chi connectivity index (χ0) is 17.5. The molecule has 0 radical (unpaired) electrons.